The van der Waals surface area contributed by atoms with E-state index in [0.717, 1.165) is 30.8 Å². The summed E-state index contributed by atoms with van der Waals surface area (Å²) < 4.78 is 0. The number of aryl methyl sites for hydroxylation is 1. The van der Waals surface area contributed by atoms with Gasteiger partial charge in [-0.2, -0.15) is 5.26 Å². The van der Waals surface area contributed by atoms with Crippen LogP contribution in [0.4, 0.5) is 23.0 Å². The van der Waals surface area contributed by atoms with Crippen molar-refractivity contribution >= 4 is 46.2 Å². The van der Waals surface area contributed by atoms with Gasteiger partial charge >= 0.3 is 5.69 Å². The van der Waals surface area contributed by atoms with Crippen LogP contribution in [0.3, 0.4) is 0 Å². The molecule has 0 bridgehead atoms. The average molecular weight is 540 g/mol. The van der Waals surface area contributed by atoms with Gasteiger partial charge in [-0.25, -0.2) is 9.97 Å². The van der Waals surface area contributed by atoms with Gasteiger partial charge in [0.25, 0.3) is 0 Å². The van der Waals surface area contributed by atoms with Crippen molar-refractivity contribution in [1.29, 1.82) is 5.26 Å². The fourth-order valence-electron chi connectivity index (χ4n) is 4.45. The van der Waals surface area contributed by atoms with E-state index in [2.05, 4.69) is 31.6 Å². The first-order valence-electron chi connectivity index (χ1n) is 12.0. The molecule has 1 aliphatic heterocycles. The molecule has 1 aromatic heterocycles. The van der Waals surface area contributed by atoms with Crippen LogP contribution in [0.1, 0.15) is 41.9 Å². The number of likely N-dealkylation sites (tertiary alicyclic amines) is 1. The summed E-state index contributed by atoms with van der Waals surface area (Å²) in [7, 11) is 0. The molecular formula is C26H27Cl2N7O2. The molecule has 0 spiro atoms. The molecule has 37 heavy (non-hydrogen) atoms. The second-order valence-corrected chi connectivity index (χ2v) is 9.78. The van der Waals surface area contributed by atoms with Gasteiger partial charge in [0.15, 0.2) is 0 Å². The Hall–Kier alpha value is -3.45. The van der Waals surface area contributed by atoms with Crippen LogP contribution in [-0.4, -0.2) is 46.0 Å². The smallest absolute Gasteiger partial charge is 0.353 e. The Morgan fingerprint density at radius 2 is 1.84 bits per heavy atom. The highest BCUT2D eigenvalue weighted by Gasteiger charge is 2.25. The van der Waals surface area contributed by atoms with Gasteiger partial charge in [0, 0.05) is 28.8 Å². The minimum absolute atomic E-state index is 0.0573. The first kappa shape index (κ1) is 26.6. The van der Waals surface area contributed by atoms with Crippen LogP contribution in [0, 0.1) is 28.4 Å². The van der Waals surface area contributed by atoms with Crippen LogP contribution in [-0.2, 0) is 0 Å². The molecule has 2 aromatic carbocycles. The summed E-state index contributed by atoms with van der Waals surface area (Å²) in [6.45, 7) is 5.25. The Morgan fingerprint density at radius 3 is 2.51 bits per heavy atom. The minimum atomic E-state index is -0.596. The fraction of sp³-hybridized carbons (Fsp3) is 0.346. The number of benzene rings is 2. The minimum Gasteiger partial charge on any atom is -0.363 e. The zero-order valence-electron chi connectivity index (χ0n) is 20.4. The largest absolute Gasteiger partial charge is 0.363 e. The van der Waals surface area contributed by atoms with E-state index in [0.29, 0.717) is 27.8 Å². The highest BCUT2D eigenvalue weighted by Crippen LogP contribution is 2.37. The molecule has 0 aliphatic carbocycles. The second-order valence-electron chi connectivity index (χ2n) is 8.93. The van der Waals surface area contributed by atoms with Gasteiger partial charge in [-0.1, -0.05) is 47.8 Å². The Labute approximate surface area is 225 Å². The predicted octanol–water partition coefficient (Wildman–Crippen LogP) is 6.30. The number of hydrogen-bond donors (Lipinski definition) is 2. The van der Waals surface area contributed by atoms with Crippen molar-refractivity contribution in [3.05, 3.63) is 79.6 Å². The SMILES string of the molecule is Cc1cc(C(C#N)c2ccc(Cl)cc2)c(Cl)cc1Nc1ncnc(NCCN2CCCCC2)c1[N+](=O)[O-]. The third-order valence-electron chi connectivity index (χ3n) is 6.41. The molecule has 1 unspecified atom stereocenters. The summed E-state index contributed by atoms with van der Waals surface area (Å²) >= 11 is 12.6. The predicted molar refractivity (Wildman–Crippen MR) is 146 cm³/mol. The Kier molecular flexibility index (Phi) is 8.77. The summed E-state index contributed by atoms with van der Waals surface area (Å²) in [6, 6.07) is 12.8. The zero-order chi connectivity index (χ0) is 26.4. The molecule has 192 valence electrons. The van der Waals surface area contributed by atoms with Crippen molar-refractivity contribution in [2.75, 3.05) is 36.8 Å². The number of aromatic nitrogens is 2. The van der Waals surface area contributed by atoms with Crippen molar-refractivity contribution in [3.8, 4) is 6.07 Å². The second kappa shape index (κ2) is 12.2. The highest BCUT2D eigenvalue weighted by atomic mass is 35.5. The molecule has 0 amide bonds. The molecule has 2 heterocycles. The van der Waals surface area contributed by atoms with Gasteiger partial charge < -0.3 is 15.5 Å². The van der Waals surface area contributed by atoms with E-state index < -0.39 is 10.8 Å². The maximum Gasteiger partial charge on any atom is 0.353 e. The lowest BCUT2D eigenvalue weighted by Gasteiger charge is -2.26. The molecule has 0 radical (unpaired) electrons. The van der Waals surface area contributed by atoms with Gasteiger partial charge in [-0.05, 0) is 67.7 Å². The van der Waals surface area contributed by atoms with Crippen molar-refractivity contribution in [1.82, 2.24) is 14.9 Å². The standard InChI is InChI=1S/C26H27Cl2N7O2/c1-17-13-20(21(15-29)18-5-7-19(27)8-6-18)22(28)14-23(17)33-26-24(35(36)37)25(31-16-32-26)30-9-12-34-10-3-2-4-11-34/h5-8,13-14,16,21H,2-4,9-12H2,1H3,(H2,30,31,32,33). The summed E-state index contributed by atoms with van der Waals surface area (Å²) in [5.74, 6) is -0.379. The van der Waals surface area contributed by atoms with E-state index in [4.69, 9.17) is 23.2 Å². The lowest BCUT2D eigenvalue weighted by molar-refractivity contribution is -0.383. The summed E-state index contributed by atoms with van der Waals surface area (Å²) in [5, 5.41) is 28.9. The van der Waals surface area contributed by atoms with Gasteiger partial charge in [0.1, 0.15) is 6.33 Å². The Morgan fingerprint density at radius 1 is 1.14 bits per heavy atom. The number of nitro groups is 1. The molecule has 1 aliphatic rings. The van der Waals surface area contributed by atoms with Crippen LogP contribution in [0.15, 0.2) is 42.7 Å². The number of halogens is 2. The summed E-state index contributed by atoms with van der Waals surface area (Å²) in [6.07, 6.45) is 4.89. The number of nitrogens with zero attached hydrogens (tertiary/aromatic N) is 5. The quantitative estimate of drug-likeness (QED) is 0.240. The first-order chi connectivity index (χ1) is 17.9. The fourth-order valence-corrected chi connectivity index (χ4v) is 4.85. The molecular weight excluding hydrogens is 513 g/mol. The summed E-state index contributed by atoms with van der Waals surface area (Å²) in [4.78, 5) is 22.1. The van der Waals surface area contributed by atoms with Gasteiger partial charge in [0.05, 0.1) is 16.9 Å². The third-order valence-corrected chi connectivity index (χ3v) is 6.99. The molecule has 1 saturated heterocycles. The van der Waals surface area contributed by atoms with Gasteiger partial charge in [0.2, 0.25) is 11.6 Å². The lowest BCUT2D eigenvalue weighted by Crippen LogP contribution is -2.33. The number of nitrogens with one attached hydrogen (secondary N) is 2. The van der Waals surface area contributed by atoms with Crippen LogP contribution >= 0.6 is 23.2 Å². The van der Waals surface area contributed by atoms with E-state index in [1.54, 1.807) is 36.4 Å². The zero-order valence-corrected chi connectivity index (χ0v) is 21.9. The molecule has 9 nitrogen and oxygen atoms in total. The number of anilines is 3. The molecule has 2 N–H and O–H groups in total. The average Bonchev–Trinajstić information content (AvgIpc) is 2.89. The lowest BCUT2D eigenvalue weighted by atomic mass is 9.91. The molecule has 3 aromatic rings. The molecule has 11 heteroatoms. The Balaban J connectivity index is 1.56. The topological polar surface area (TPSA) is 120 Å². The third kappa shape index (κ3) is 6.46. The summed E-state index contributed by atoms with van der Waals surface area (Å²) in [5.41, 5.74) is 2.45. The maximum absolute atomic E-state index is 12.0. The normalized spacial score (nSPS) is 14.5. The van der Waals surface area contributed by atoms with E-state index >= 15 is 0 Å². The van der Waals surface area contributed by atoms with E-state index in [1.165, 1.54) is 25.6 Å². The van der Waals surface area contributed by atoms with Crippen LogP contribution in [0.2, 0.25) is 10.0 Å². The van der Waals surface area contributed by atoms with Crippen LogP contribution in [0.25, 0.3) is 0 Å². The molecule has 1 atom stereocenters. The Bertz CT molecular complexity index is 1310. The van der Waals surface area contributed by atoms with Crippen molar-refractivity contribution in [2.24, 2.45) is 0 Å². The number of nitriles is 1. The van der Waals surface area contributed by atoms with Crippen molar-refractivity contribution < 1.29 is 4.92 Å². The van der Waals surface area contributed by atoms with Gasteiger partial charge in [-0.3, -0.25) is 10.1 Å². The molecule has 0 saturated carbocycles. The van der Waals surface area contributed by atoms with E-state index in [9.17, 15) is 15.4 Å². The van der Waals surface area contributed by atoms with E-state index in [1.807, 2.05) is 6.92 Å². The van der Waals surface area contributed by atoms with Crippen molar-refractivity contribution in [3.63, 3.8) is 0 Å². The van der Waals surface area contributed by atoms with Crippen molar-refractivity contribution in [2.45, 2.75) is 32.1 Å². The highest BCUT2D eigenvalue weighted by molar-refractivity contribution is 6.32. The molecule has 1 fully saturated rings. The first-order valence-corrected chi connectivity index (χ1v) is 12.8. The molecule has 4 rings (SSSR count). The van der Waals surface area contributed by atoms with Gasteiger partial charge in [-0.15, -0.1) is 0 Å². The number of hydrogen-bond acceptors (Lipinski definition) is 8. The van der Waals surface area contributed by atoms with Crippen LogP contribution in [0.5, 0.6) is 0 Å². The van der Waals surface area contributed by atoms with E-state index in [-0.39, 0.29) is 17.3 Å². The number of piperidine rings is 1. The maximum atomic E-state index is 12.0. The van der Waals surface area contributed by atoms with Crippen LogP contribution < -0.4 is 10.6 Å². The monoisotopic (exact) mass is 539 g/mol. The number of rotatable bonds is 9.